The molecule has 0 radical (unpaired) electrons. The third-order valence-corrected chi connectivity index (χ3v) is 8.22. The van der Waals surface area contributed by atoms with Crippen LogP contribution in [0.4, 0.5) is 8.78 Å². The fourth-order valence-corrected chi connectivity index (χ4v) is 5.80. The predicted molar refractivity (Wildman–Crippen MR) is 109 cm³/mol. The fraction of sp³-hybridized carbons (Fsp3) is 0.381. The van der Waals surface area contributed by atoms with Crippen LogP contribution in [0.3, 0.4) is 0 Å². The molecular formula is C21H21ClF2N2O3S. The number of hydrogen-bond donors (Lipinski definition) is 0. The molecule has 2 aromatic carbocycles. The number of nitrogens with zero attached hydrogens (tertiary/aromatic N) is 2. The second-order valence-electron chi connectivity index (χ2n) is 7.71. The summed E-state index contributed by atoms with van der Waals surface area (Å²) in [6.07, 6.45) is 2.42. The van der Waals surface area contributed by atoms with Crippen molar-refractivity contribution in [3.63, 3.8) is 0 Å². The zero-order valence-electron chi connectivity index (χ0n) is 16.2. The lowest BCUT2D eigenvalue weighted by Crippen LogP contribution is -2.57. The standard InChI is InChI=1S/C21H21ClF2N2O3S/c22-16-4-2-15(3-5-16)21(8-1-9-21)20(27)25-10-12-26(13-11-25)30(28,29)19-14-17(23)6-7-18(19)24/h2-7,14H,1,8-13H2. The highest BCUT2D eigenvalue weighted by atomic mass is 35.5. The Labute approximate surface area is 179 Å². The van der Waals surface area contributed by atoms with Crippen LogP contribution in [-0.2, 0) is 20.2 Å². The van der Waals surface area contributed by atoms with E-state index >= 15 is 0 Å². The quantitative estimate of drug-likeness (QED) is 0.709. The zero-order chi connectivity index (χ0) is 21.5. The molecule has 160 valence electrons. The Morgan fingerprint density at radius 2 is 1.60 bits per heavy atom. The monoisotopic (exact) mass is 454 g/mol. The summed E-state index contributed by atoms with van der Waals surface area (Å²) < 4.78 is 54.1. The second-order valence-corrected chi connectivity index (χ2v) is 10.1. The van der Waals surface area contributed by atoms with Gasteiger partial charge < -0.3 is 4.90 Å². The van der Waals surface area contributed by atoms with Crippen molar-refractivity contribution >= 4 is 27.5 Å². The molecule has 2 aliphatic rings. The first-order valence-corrected chi connectivity index (χ1v) is 11.6. The van der Waals surface area contributed by atoms with E-state index in [1.54, 1.807) is 17.0 Å². The Morgan fingerprint density at radius 3 is 2.17 bits per heavy atom. The summed E-state index contributed by atoms with van der Waals surface area (Å²) in [6.45, 7) is 0.454. The van der Waals surface area contributed by atoms with Crippen molar-refractivity contribution in [2.24, 2.45) is 0 Å². The summed E-state index contributed by atoms with van der Waals surface area (Å²) in [6, 6.07) is 9.63. The van der Waals surface area contributed by atoms with E-state index in [0.29, 0.717) is 11.1 Å². The number of hydrogen-bond acceptors (Lipinski definition) is 3. The van der Waals surface area contributed by atoms with E-state index in [1.165, 1.54) is 0 Å². The Hall–Kier alpha value is -2.03. The van der Waals surface area contributed by atoms with Crippen LogP contribution in [0.5, 0.6) is 0 Å². The molecule has 0 aromatic heterocycles. The predicted octanol–water partition coefficient (Wildman–Crippen LogP) is 3.57. The number of benzene rings is 2. The smallest absolute Gasteiger partial charge is 0.246 e. The number of rotatable bonds is 4. The Bertz CT molecular complexity index is 1060. The highest BCUT2D eigenvalue weighted by Gasteiger charge is 2.48. The minimum Gasteiger partial charge on any atom is -0.339 e. The summed E-state index contributed by atoms with van der Waals surface area (Å²) in [4.78, 5) is 14.3. The number of amides is 1. The number of halogens is 3. The van der Waals surface area contributed by atoms with Gasteiger partial charge in [-0.15, -0.1) is 0 Å². The van der Waals surface area contributed by atoms with E-state index < -0.39 is 32.0 Å². The molecule has 1 amide bonds. The highest BCUT2D eigenvalue weighted by Crippen LogP contribution is 2.45. The maximum atomic E-state index is 14.0. The Morgan fingerprint density at radius 1 is 0.967 bits per heavy atom. The minimum absolute atomic E-state index is 0.0231. The van der Waals surface area contributed by atoms with Crippen LogP contribution < -0.4 is 0 Å². The van der Waals surface area contributed by atoms with Crippen LogP contribution in [0.15, 0.2) is 47.4 Å². The lowest BCUT2D eigenvalue weighted by molar-refractivity contribution is -0.142. The molecule has 0 spiro atoms. The number of carbonyl (C=O) groups excluding carboxylic acids is 1. The first-order chi connectivity index (χ1) is 14.2. The van der Waals surface area contributed by atoms with Crippen molar-refractivity contribution in [1.29, 1.82) is 0 Å². The van der Waals surface area contributed by atoms with E-state index in [-0.39, 0.29) is 32.1 Å². The topological polar surface area (TPSA) is 57.7 Å². The molecule has 0 unspecified atom stereocenters. The summed E-state index contributed by atoms with van der Waals surface area (Å²) in [5.74, 6) is -1.84. The van der Waals surface area contributed by atoms with Crippen LogP contribution in [0.1, 0.15) is 24.8 Å². The molecule has 0 atom stereocenters. The molecule has 9 heteroatoms. The van der Waals surface area contributed by atoms with Gasteiger partial charge >= 0.3 is 0 Å². The van der Waals surface area contributed by atoms with Gasteiger partial charge in [0.25, 0.3) is 0 Å². The fourth-order valence-electron chi connectivity index (χ4n) is 4.17. The Balaban J connectivity index is 1.49. The van der Waals surface area contributed by atoms with E-state index in [0.717, 1.165) is 41.3 Å². The second kappa shape index (κ2) is 7.90. The summed E-state index contributed by atoms with van der Waals surface area (Å²) in [5, 5.41) is 0.601. The molecule has 0 N–H and O–H groups in total. The molecule has 1 saturated heterocycles. The van der Waals surface area contributed by atoms with Gasteiger partial charge in [-0.1, -0.05) is 30.2 Å². The molecule has 2 aromatic rings. The SMILES string of the molecule is O=C(N1CCN(S(=O)(=O)c2cc(F)ccc2F)CC1)C1(c2ccc(Cl)cc2)CCC1. The van der Waals surface area contributed by atoms with Gasteiger partial charge in [0, 0.05) is 31.2 Å². The minimum atomic E-state index is -4.18. The summed E-state index contributed by atoms with van der Waals surface area (Å²) in [5.41, 5.74) is 0.320. The van der Waals surface area contributed by atoms with Crippen molar-refractivity contribution in [1.82, 2.24) is 9.21 Å². The average molecular weight is 455 g/mol. The normalized spacial score (nSPS) is 19.4. The van der Waals surface area contributed by atoms with Crippen molar-refractivity contribution in [2.75, 3.05) is 26.2 Å². The van der Waals surface area contributed by atoms with Crippen molar-refractivity contribution in [2.45, 2.75) is 29.6 Å². The zero-order valence-corrected chi connectivity index (χ0v) is 17.7. The molecule has 30 heavy (non-hydrogen) atoms. The lowest BCUT2D eigenvalue weighted by Gasteiger charge is -2.46. The number of carbonyl (C=O) groups is 1. The molecule has 1 heterocycles. The van der Waals surface area contributed by atoms with Gasteiger partial charge in [0.05, 0.1) is 5.41 Å². The van der Waals surface area contributed by atoms with Gasteiger partial charge in [0.1, 0.15) is 16.5 Å². The Kier molecular flexibility index (Phi) is 5.59. The first kappa shape index (κ1) is 21.2. The van der Waals surface area contributed by atoms with Gasteiger partial charge in [-0.25, -0.2) is 17.2 Å². The van der Waals surface area contributed by atoms with Crippen molar-refractivity contribution in [3.05, 3.63) is 64.7 Å². The largest absolute Gasteiger partial charge is 0.339 e. The molecule has 1 aliphatic carbocycles. The van der Waals surface area contributed by atoms with Crippen LogP contribution >= 0.6 is 11.6 Å². The van der Waals surface area contributed by atoms with Gasteiger partial charge in [-0.3, -0.25) is 4.79 Å². The van der Waals surface area contributed by atoms with Crippen LogP contribution in [0.2, 0.25) is 5.02 Å². The summed E-state index contributed by atoms with van der Waals surface area (Å²) in [7, 11) is -4.18. The summed E-state index contributed by atoms with van der Waals surface area (Å²) >= 11 is 5.97. The molecule has 2 fully saturated rings. The van der Waals surface area contributed by atoms with E-state index in [9.17, 15) is 22.0 Å². The molecule has 4 rings (SSSR count). The third-order valence-electron chi connectivity index (χ3n) is 6.05. The molecule has 0 bridgehead atoms. The van der Waals surface area contributed by atoms with E-state index in [4.69, 9.17) is 11.6 Å². The lowest BCUT2D eigenvalue weighted by atomic mass is 9.63. The van der Waals surface area contributed by atoms with Crippen molar-refractivity contribution < 1.29 is 22.0 Å². The molecule has 1 saturated carbocycles. The third kappa shape index (κ3) is 3.61. The van der Waals surface area contributed by atoms with Gasteiger partial charge in [0.15, 0.2) is 0 Å². The average Bonchev–Trinajstić information content (AvgIpc) is 2.70. The maximum absolute atomic E-state index is 14.0. The van der Waals surface area contributed by atoms with E-state index in [2.05, 4.69) is 0 Å². The molecule has 1 aliphatic heterocycles. The van der Waals surface area contributed by atoms with Crippen LogP contribution in [-0.4, -0.2) is 49.7 Å². The maximum Gasteiger partial charge on any atom is 0.246 e. The van der Waals surface area contributed by atoms with Crippen LogP contribution in [0, 0.1) is 11.6 Å². The van der Waals surface area contributed by atoms with Crippen LogP contribution in [0.25, 0.3) is 0 Å². The van der Waals surface area contributed by atoms with Gasteiger partial charge in [-0.05, 0) is 48.7 Å². The number of sulfonamides is 1. The van der Waals surface area contributed by atoms with Crippen molar-refractivity contribution in [3.8, 4) is 0 Å². The van der Waals surface area contributed by atoms with Gasteiger partial charge in [-0.2, -0.15) is 4.31 Å². The van der Waals surface area contributed by atoms with E-state index in [1.807, 2.05) is 12.1 Å². The highest BCUT2D eigenvalue weighted by molar-refractivity contribution is 7.89. The molecular weight excluding hydrogens is 434 g/mol. The van der Waals surface area contributed by atoms with Gasteiger partial charge in [0.2, 0.25) is 15.9 Å². The number of piperazine rings is 1. The first-order valence-electron chi connectivity index (χ1n) is 9.75. The molecule has 5 nitrogen and oxygen atoms in total.